The number of ether oxygens (including phenoxy) is 1. The highest BCUT2D eigenvalue weighted by Crippen LogP contribution is 2.25. The van der Waals surface area contributed by atoms with E-state index >= 15 is 0 Å². The summed E-state index contributed by atoms with van der Waals surface area (Å²) in [4.78, 5) is 13.4. The van der Waals surface area contributed by atoms with E-state index in [1.165, 1.54) is 4.88 Å². The molecule has 1 amide bonds. The van der Waals surface area contributed by atoms with E-state index in [2.05, 4.69) is 27.2 Å². The number of fused-ring (bicyclic) bond motifs is 1. The Morgan fingerprint density at radius 3 is 2.92 bits per heavy atom. The molecule has 2 N–H and O–H groups in total. The van der Waals surface area contributed by atoms with Crippen LogP contribution in [-0.4, -0.2) is 29.3 Å². The van der Waals surface area contributed by atoms with Gasteiger partial charge >= 0.3 is 0 Å². The molecule has 25 heavy (non-hydrogen) atoms. The monoisotopic (exact) mass is 354 g/mol. The summed E-state index contributed by atoms with van der Waals surface area (Å²) in [5.41, 5.74) is 2.30. The molecule has 0 saturated heterocycles. The van der Waals surface area contributed by atoms with Crippen molar-refractivity contribution < 1.29 is 9.53 Å². The predicted molar refractivity (Wildman–Crippen MR) is 96.7 cm³/mol. The van der Waals surface area contributed by atoms with Crippen LogP contribution in [0, 0.1) is 0 Å². The third-order valence-electron chi connectivity index (χ3n) is 4.20. The van der Waals surface area contributed by atoms with Crippen LogP contribution in [0.2, 0.25) is 0 Å². The van der Waals surface area contributed by atoms with E-state index in [9.17, 15) is 4.79 Å². The highest BCUT2D eigenvalue weighted by atomic mass is 32.1. The molecule has 1 aliphatic rings. The zero-order chi connectivity index (χ0) is 17.2. The number of carbonyl (C=O) groups excluding carboxylic acids is 1. The molecule has 0 bridgehead atoms. The number of methoxy groups -OCH3 is 1. The zero-order valence-corrected chi connectivity index (χ0v) is 14.5. The normalized spacial score (nSPS) is 16.4. The number of nitrogens with zero attached hydrogens (tertiary/aromatic N) is 2. The van der Waals surface area contributed by atoms with Crippen molar-refractivity contribution in [2.75, 3.05) is 13.7 Å². The first-order chi connectivity index (χ1) is 12.2. The number of hydrogen-bond donors (Lipinski definition) is 2. The highest BCUT2D eigenvalue weighted by molar-refractivity contribution is 7.09. The maximum atomic E-state index is 12.2. The third-order valence-corrected chi connectivity index (χ3v) is 5.07. The average molecular weight is 354 g/mol. The minimum absolute atomic E-state index is 0.0678. The Bertz CT molecular complexity index is 871. The van der Waals surface area contributed by atoms with Crippen molar-refractivity contribution in [2.24, 2.45) is 0 Å². The van der Waals surface area contributed by atoms with Crippen LogP contribution in [0.5, 0.6) is 5.75 Å². The fourth-order valence-corrected chi connectivity index (χ4v) is 3.52. The summed E-state index contributed by atoms with van der Waals surface area (Å²) in [6.45, 7) is 1.26. The summed E-state index contributed by atoms with van der Waals surface area (Å²) < 4.78 is 6.97. The first-order valence-corrected chi connectivity index (χ1v) is 8.90. The van der Waals surface area contributed by atoms with E-state index in [1.807, 2.05) is 36.4 Å². The summed E-state index contributed by atoms with van der Waals surface area (Å²) in [6.07, 6.45) is -0.0678. The molecule has 0 fully saturated rings. The second-order valence-corrected chi connectivity index (χ2v) is 6.81. The molecular weight excluding hydrogens is 336 g/mol. The summed E-state index contributed by atoms with van der Waals surface area (Å²) in [6, 6.07) is 13.6. The summed E-state index contributed by atoms with van der Waals surface area (Å²) in [5, 5.41) is 13.1. The fraction of sp³-hybridized carbons (Fsp3) is 0.222. The van der Waals surface area contributed by atoms with Gasteiger partial charge in [0.1, 0.15) is 17.6 Å². The largest absolute Gasteiger partial charge is 0.497 e. The molecule has 3 heterocycles. The number of thiophene rings is 1. The zero-order valence-electron chi connectivity index (χ0n) is 13.7. The van der Waals surface area contributed by atoms with Gasteiger partial charge in [-0.15, -0.1) is 11.3 Å². The minimum Gasteiger partial charge on any atom is -0.497 e. The Balaban J connectivity index is 1.60. The summed E-state index contributed by atoms with van der Waals surface area (Å²) >= 11 is 1.71. The van der Waals surface area contributed by atoms with Gasteiger partial charge in [-0.2, -0.15) is 5.10 Å². The molecule has 4 rings (SSSR count). The van der Waals surface area contributed by atoms with Crippen LogP contribution in [0.1, 0.15) is 21.5 Å². The number of aromatic nitrogens is 2. The molecule has 0 radical (unpaired) electrons. The Morgan fingerprint density at radius 1 is 1.36 bits per heavy atom. The molecule has 0 unspecified atom stereocenters. The molecule has 3 aromatic rings. The third kappa shape index (κ3) is 3.16. The number of hydrogen-bond acceptors (Lipinski definition) is 5. The number of rotatable bonds is 5. The van der Waals surface area contributed by atoms with Crippen molar-refractivity contribution in [2.45, 2.75) is 12.7 Å². The summed E-state index contributed by atoms with van der Waals surface area (Å²) in [7, 11) is 1.64. The van der Waals surface area contributed by atoms with Crippen molar-refractivity contribution in [3.63, 3.8) is 0 Å². The standard InChI is InChI=1S/C18H18N4O2S/c1-24-13-6-4-12(5-7-13)15-9-16-18(23)20-11-17(22(16)21-15)19-10-14-3-2-8-25-14/h2-9,17,19H,10-11H2,1H3,(H,20,23)/t17-/m0/s1. The van der Waals surface area contributed by atoms with Gasteiger partial charge in [-0.25, -0.2) is 4.68 Å². The fourth-order valence-electron chi connectivity index (χ4n) is 2.86. The average Bonchev–Trinajstić information content (AvgIpc) is 3.31. The predicted octanol–water partition coefficient (Wildman–Crippen LogP) is 2.65. The van der Waals surface area contributed by atoms with Crippen LogP contribution in [0.25, 0.3) is 11.3 Å². The maximum Gasteiger partial charge on any atom is 0.269 e. The molecule has 0 saturated carbocycles. The topological polar surface area (TPSA) is 68.2 Å². The molecule has 2 aromatic heterocycles. The van der Waals surface area contributed by atoms with Gasteiger partial charge in [0.05, 0.1) is 19.3 Å². The van der Waals surface area contributed by atoms with Gasteiger partial charge in [0.15, 0.2) is 0 Å². The molecule has 0 spiro atoms. The van der Waals surface area contributed by atoms with E-state index in [-0.39, 0.29) is 12.1 Å². The maximum absolute atomic E-state index is 12.2. The van der Waals surface area contributed by atoms with Crippen molar-refractivity contribution in [1.82, 2.24) is 20.4 Å². The van der Waals surface area contributed by atoms with Gasteiger partial charge in [-0.1, -0.05) is 6.07 Å². The molecule has 128 valence electrons. The van der Waals surface area contributed by atoms with Crippen molar-refractivity contribution in [3.05, 3.63) is 58.4 Å². The van der Waals surface area contributed by atoms with E-state index in [4.69, 9.17) is 4.74 Å². The van der Waals surface area contributed by atoms with E-state index in [1.54, 1.807) is 23.1 Å². The lowest BCUT2D eigenvalue weighted by Gasteiger charge is -2.25. The molecule has 1 aromatic carbocycles. The molecule has 1 atom stereocenters. The van der Waals surface area contributed by atoms with Gasteiger partial charge in [-0.3, -0.25) is 10.1 Å². The number of amides is 1. The minimum atomic E-state index is -0.0959. The van der Waals surface area contributed by atoms with Crippen molar-refractivity contribution >= 4 is 17.2 Å². The smallest absolute Gasteiger partial charge is 0.269 e. The number of carbonyl (C=O) groups is 1. The second kappa shape index (κ2) is 6.70. The highest BCUT2D eigenvalue weighted by Gasteiger charge is 2.27. The molecular formula is C18H18N4O2S. The molecule has 6 nitrogen and oxygen atoms in total. The Kier molecular flexibility index (Phi) is 4.25. The number of nitrogens with one attached hydrogen (secondary N) is 2. The van der Waals surface area contributed by atoms with Gasteiger partial charge < -0.3 is 10.1 Å². The number of benzene rings is 1. The van der Waals surface area contributed by atoms with Crippen LogP contribution >= 0.6 is 11.3 Å². The van der Waals surface area contributed by atoms with Crippen LogP contribution in [0.4, 0.5) is 0 Å². The van der Waals surface area contributed by atoms with Crippen LogP contribution in [0.3, 0.4) is 0 Å². The van der Waals surface area contributed by atoms with Gasteiger partial charge in [0.2, 0.25) is 0 Å². The van der Waals surface area contributed by atoms with Gasteiger partial charge in [-0.05, 0) is 41.8 Å². The Hall–Kier alpha value is -2.64. The Labute approximate surface area is 149 Å². The quantitative estimate of drug-likeness (QED) is 0.739. The van der Waals surface area contributed by atoms with E-state index in [0.717, 1.165) is 23.6 Å². The Morgan fingerprint density at radius 2 is 2.20 bits per heavy atom. The molecule has 7 heteroatoms. The molecule has 0 aliphatic carbocycles. The van der Waals surface area contributed by atoms with Crippen LogP contribution in [-0.2, 0) is 6.54 Å². The summed E-state index contributed by atoms with van der Waals surface area (Å²) in [5.74, 6) is 0.697. The lowest BCUT2D eigenvalue weighted by Crippen LogP contribution is -2.45. The van der Waals surface area contributed by atoms with E-state index < -0.39 is 0 Å². The van der Waals surface area contributed by atoms with E-state index in [0.29, 0.717) is 12.2 Å². The SMILES string of the molecule is COc1ccc(-c2cc3n(n2)[C@H](NCc2cccs2)CNC3=O)cc1. The van der Waals surface area contributed by atoms with Crippen molar-refractivity contribution in [1.29, 1.82) is 0 Å². The first-order valence-electron chi connectivity index (χ1n) is 8.02. The molecule has 1 aliphatic heterocycles. The van der Waals surface area contributed by atoms with Gasteiger partial charge in [0, 0.05) is 17.0 Å². The lowest BCUT2D eigenvalue weighted by molar-refractivity contribution is 0.0900. The van der Waals surface area contributed by atoms with Crippen LogP contribution < -0.4 is 15.4 Å². The lowest BCUT2D eigenvalue weighted by atomic mass is 10.1. The van der Waals surface area contributed by atoms with Crippen molar-refractivity contribution in [3.8, 4) is 17.0 Å². The second-order valence-electron chi connectivity index (χ2n) is 5.77. The van der Waals surface area contributed by atoms with Gasteiger partial charge in [0.25, 0.3) is 5.91 Å². The first kappa shape index (κ1) is 15.9. The van der Waals surface area contributed by atoms with Crippen LogP contribution in [0.15, 0.2) is 47.8 Å².